The highest BCUT2D eigenvalue weighted by Gasteiger charge is 2.50. The molecule has 1 rings (SSSR count). The summed E-state index contributed by atoms with van der Waals surface area (Å²) in [6, 6.07) is 0. The minimum Gasteiger partial charge on any atom is -0.206 e. The fraction of sp³-hybridized carbons (Fsp3) is 1.00. The molecule has 0 aliphatic heterocycles. The molecule has 0 radical (unpaired) electrons. The van der Waals surface area contributed by atoms with Crippen molar-refractivity contribution in [2.75, 3.05) is 0 Å². The predicted octanol–water partition coefficient (Wildman–Crippen LogP) is 3.96. The third kappa shape index (κ3) is 1.96. The number of hydrogen-bond acceptors (Lipinski definition) is 0. The zero-order valence-corrected chi connectivity index (χ0v) is 8.70. The lowest BCUT2D eigenvalue weighted by molar-refractivity contribution is -0.0692. The maximum absolute atomic E-state index is 13.0. The van der Waals surface area contributed by atoms with Gasteiger partial charge in [-0.1, -0.05) is 34.6 Å². The van der Waals surface area contributed by atoms with Crippen molar-refractivity contribution in [3.05, 3.63) is 0 Å². The van der Waals surface area contributed by atoms with Crippen LogP contribution in [0.25, 0.3) is 0 Å². The molecule has 0 bridgehead atoms. The van der Waals surface area contributed by atoms with E-state index in [-0.39, 0.29) is 5.92 Å². The molecule has 1 aliphatic carbocycles. The zero-order valence-electron chi connectivity index (χ0n) is 8.70. The predicted molar refractivity (Wildman–Crippen MR) is 48.4 cm³/mol. The highest BCUT2D eigenvalue weighted by atomic mass is 19.3. The second kappa shape index (κ2) is 4.20. The van der Waals surface area contributed by atoms with Crippen molar-refractivity contribution in [2.45, 2.75) is 47.0 Å². The lowest BCUT2D eigenvalue weighted by Crippen LogP contribution is -2.27. The van der Waals surface area contributed by atoms with Crippen molar-refractivity contribution in [3.8, 4) is 0 Å². The van der Waals surface area contributed by atoms with Crippen LogP contribution in [0, 0.1) is 17.8 Å². The number of rotatable bonds is 0. The van der Waals surface area contributed by atoms with E-state index in [9.17, 15) is 8.78 Å². The van der Waals surface area contributed by atoms with E-state index in [1.165, 1.54) is 0 Å². The fourth-order valence-electron chi connectivity index (χ4n) is 1.75. The summed E-state index contributed by atoms with van der Waals surface area (Å²) in [5.74, 6) is -3.08. The van der Waals surface area contributed by atoms with Crippen LogP contribution in [0.15, 0.2) is 0 Å². The molecule has 0 heterocycles. The first-order chi connectivity index (χ1) is 5.46. The first-order valence-corrected chi connectivity index (χ1v) is 4.84. The van der Waals surface area contributed by atoms with Crippen molar-refractivity contribution < 1.29 is 8.78 Å². The SMILES string of the molecule is CC.CC1CC(C)C(F)(F)C1C. The van der Waals surface area contributed by atoms with Gasteiger partial charge in [-0.05, 0) is 12.3 Å². The average Bonchev–Trinajstić information content (AvgIpc) is 2.20. The highest BCUT2D eigenvalue weighted by molar-refractivity contribution is 4.90. The summed E-state index contributed by atoms with van der Waals surface area (Å²) in [4.78, 5) is 0. The molecule has 1 saturated carbocycles. The van der Waals surface area contributed by atoms with E-state index in [4.69, 9.17) is 0 Å². The quantitative estimate of drug-likeness (QED) is 0.526. The Morgan fingerprint density at radius 1 is 1.08 bits per heavy atom. The number of hydrogen-bond donors (Lipinski definition) is 0. The Labute approximate surface area is 74.4 Å². The monoisotopic (exact) mass is 178 g/mol. The van der Waals surface area contributed by atoms with Gasteiger partial charge in [0.1, 0.15) is 0 Å². The minimum atomic E-state index is -2.42. The molecule has 0 amide bonds. The largest absolute Gasteiger partial charge is 0.253 e. The Kier molecular flexibility index (Phi) is 4.15. The molecule has 3 atom stereocenters. The van der Waals surface area contributed by atoms with E-state index in [1.807, 2.05) is 20.8 Å². The minimum absolute atomic E-state index is 0.185. The molecule has 0 aromatic carbocycles. The third-order valence-electron chi connectivity index (χ3n) is 2.84. The summed E-state index contributed by atoms with van der Waals surface area (Å²) in [6.45, 7) is 9.19. The standard InChI is InChI=1S/C8H14F2.C2H6/c1-5-4-6(2)8(9,10)7(5)3;1-2/h5-7H,4H2,1-3H3;1-2H3. The molecule has 0 saturated heterocycles. The maximum Gasteiger partial charge on any atom is 0.253 e. The van der Waals surface area contributed by atoms with Gasteiger partial charge in [0.15, 0.2) is 0 Å². The molecular formula is C10H20F2. The van der Waals surface area contributed by atoms with E-state index in [0.29, 0.717) is 6.42 Å². The summed E-state index contributed by atoms with van der Waals surface area (Å²) in [6.07, 6.45) is 0.675. The Balaban J connectivity index is 0.000000561. The Morgan fingerprint density at radius 3 is 1.58 bits per heavy atom. The summed E-state index contributed by atoms with van der Waals surface area (Å²) in [7, 11) is 0. The molecule has 0 N–H and O–H groups in total. The van der Waals surface area contributed by atoms with Crippen LogP contribution in [0.3, 0.4) is 0 Å². The van der Waals surface area contributed by atoms with Gasteiger partial charge in [-0.2, -0.15) is 0 Å². The van der Waals surface area contributed by atoms with Crippen LogP contribution in [0.2, 0.25) is 0 Å². The van der Waals surface area contributed by atoms with Gasteiger partial charge in [-0.15, -0.1) is 0 Å². The van der Waals surface area contributed by atoms with Gasteiger partial charge in [0.25, 0.3) is 5.92 Å². The Hall–Kier alpha value is -0.140. The number of halogens is 2. The molecule has 1 aliphatic rings. The highest BCUT2D eigenvalue weighted by Crippen LogP contribution is 2.47. The molecular weight excluding hydrogens is 158 g/mol. The van der Waals surface area contributed by atoms with Crippen molar-refractivity contribution >= 4 is 0 Å². The normalized spacial score (nSPS) is 38.8. The van der Waals surface area contributed by atoms with Crippen LogP contribution in [-0.2, 0) is 0 Å². The van der Waals surface area contributed by atoms with Crippen LogP contribution in [0.5, 0.6) is 0 Å². The molecule has 0 aromatic rings. The van der Waals surface area contributed by atoms with Gasteiger partial charge >= 0.3 is 0 Å². The van der Waals surface area contributed by atoms with Gasteiger partial charge in [0.05, 0.1) is 0 Å². The Morgan fingerprint density at radius 2 is 1.50 bits per heavy atom. The second-order valence-corrected chi connectivity index (χ2v) is 3.58. The molecule has 0 aromatic heterocycles. The van der Waals surface area contributed by atoms with E-state index < -0.39 is 17.8 Å². The zero-order chi connectivity index (χ0) is 9.94. The van der Waals surface area contributed by atoms with E-state index in [1.54, 1.807) is 13.8 Å². The average molecular weight is 178 g/mol. The first-order valence-electron chi connectivity index (χ1n) is 4.84. The van der Waals surface area contributed by atoms with Crippen LogP contribution < -0.4 is 0 Å². The molecule has 1 fully saturated rings. The Bertz CT molecular complexity index is 132. The number of alkyl halides is 2. The van der Waals surface area contributed by atoms with Gasteiger partial charge in [0.2, 0.25) is 0 Å². The lowest BCUT2D eigenvalue weighted by Gasteiger charge is -2.19. The van der Waals surface area contributed by atoms with E-state index in [2.05, 4.69) is 0 Å². The first kappa shape index (κ1) is 11.9. The molecule has 0 spiro atoms. The van der Waals surface area contributed by atoms with Crippen LogP contribution in [-0.4, -0.2) is 5.92 Å². The fourth-order valence-corrected chi connectivity index (χ4v) is 1.75. The van der Waals surface area contributed by atoms with Crippen LogP contribution in [0.1, 0.15) is 41.0 Å². The van der Waals surface area contributed by atoms with Gasteiger partial charge in [-0.3, -0.25) is 0 Å². The second-order valence-electron chi connectivity index (χ2n) is 3.58. The topological polar surface area (TPSA) is 0 Å². The van der Waals surface area contributed by atoms with Crippen LogP contribution >= 0.6 is 0 Å². The van der Waals surface area contributed by atoms with Crippen molar-refractivity contribution in [1.29, 1.82) is 0 Å². The summed E-state index contributed by atoms with van der Waals surface area (Å²) in [5, 5.41) is 0. The van der Waals surface area contributed by atoms with E-state index >= 15 is 0 Å². The molecule has 12 heavy (non-hydrogen) atoms. The van der Waals surface area contributed by atoms with Crippen molar-refractivity contribution in [2.24, 2.45) is 17.8 Å². The lowest BCUT2D eigenvalue weighted by atomic mass is 9.98. The maximum atomic E-state index is 13.0. The smallest absolute Gasteiger partial charge is 0.206 e. The molecule has 74 valence electrons. The molecule has 2 heteroatoms. The van der Waals surface area contributed by atoms with Gasteiger partial charge < -0.3 is 0 Å². The molecule has 3 unspecified atom stereocenters. The van der Waals surface area contributed by atoms with Crippen molar-refractivity contribution in [1.82, 2.24) is 0 Å². The van der Waals surface area contributed by atoms with Crippen LogP contribution in [0.4, 0.5) is 8.78 Å². The van der Waals surface area contributed by atoms with E-state index in [0.717, 1.165) is 0 Å². The van der Waals surface area contributed by atoms with Gasteiger partial charge in [-0.25, -0.2) is 8.78 Å². The summed E-state index contributed by atoms with van der Waals surface area (Å²) < 4.78 is 26.0. The molecule has 0 nitrogen and oxygen atoms in total. The third-order valence-corrected chi connectivity index (χ3v) is 2.84. The van der Waals surface area contributed by atoms with Crippen molar-refractivity contribution in [3.63, 3.8) is 0 Å². The van der Waals surface area contributed by atoms with Gasteiger partial charge in [0, 0.05) is 11.8 Å². The summed E-state index contributed by atoms with van der Waals surface area (Å²) >= 11 is 0. The summed E-state index contributed by atoms with van der Waals surface area (Å²) in [5.41, 5.74) is 0.